The van der Waals surface area contributed by atoms with Gasteiger partial charge in [0.15, 0.2) is 0 Å². The van der Waals surface area contributed by atoms with Crippen LogP contribution in [0.4, 0.5) is 0 Å². The van der Waals surface area contributed by atoms with Gasteiger partial charge in [0.1, 0.15) is 34.0 Å². The molecule has 0 aliphatic rings. The average Bonchev–Trinajstić information content (AvgIpc) is 4.12. The van der Waals surface area contributed by atoms with E-state index in [-0.39, 0.29) is 0 Å². The number of fused-ring (bicyclic) bond motifs is 8. The third-order valence-electron chi connectivity index (χ3n) is 12.2. The fourth-order valence-corrected chi connectivity index (χ4v) is 9.26. The Labute approximate surface area is 355 Å². The summed E-state index contributed by atoms with van der Waals surface area (Å²) in [5, 5.41) is 4.25. The van der Waals surface area contributed by atoms with E-state index in [1.807, 2.05) is 24.3 Å². The van der Waals surface area contributed by atoms with Crippen LogP contribution in [0.2, 0.25) is 0 Å². The smallest absolute Gasteiger partial charge is 0.145 e. The molecule has 0 bridgehead atoms. The molecule has 9 aromatic carbocycles. The summed E-state index contributed by atoms with van der Waals surface area (Å²) in [6, 6.07) is 71.8. The van der Waals surface area contributed by atoms with Gasteiger partial charge in [-0.05, 0) is 65.7 Å². The number of para-hydroxylation sites is 6. The van der Waals surface area contributed by atoms with Crippen LogP contribution < -0.4 is 0 Å². The Balaban J connectivity index is 0.872. The Bertz CT molecular complexity index is 3590. The van der Waals surface area contributed by atoms with Crippen molar-refractivity contribution in [3.05, 3.63) is 206 Å². The molecular formula is C56H34N4O2. The Morgan fingerprint density at radius 1 is 0.323 bits per heavy atom. The average molecular weight is 795 g/mol. The molecule has 4 heterocycles. The number of benzene rings is 9. The van der Waals surface area contributed by atoms with Gasteiger partial charge in [0, 0.05) is 61.2 Å². The van der Waals surface area contributed by atoms with Crippen LogP contribution in [-0.4, -0.2) is 19.1 Å². The van der Waals surface area contributed by atoms with Gasteiger partial charge in [0.05, 0.1) is 22.1 Å². The van der Waals surface area contributed by atoms with Gasteiger partial charge < -0.3 is 8.83 Å². The van der Waals surface area contributed by atoms with Gasteiger partial charge >= 0.3 is 0 Å². The summed E-state index contributed by atoms with van der Waals surface area (Å²) in [5.41, 5.74) is 15.8. The molecule has 0 unspecified atom stereocenters. The lowest BCUT2D eigenvalue weighted by Gasteiger charge is -2.11. The van der Waals surface area contributed by atoms with Crippen molar-refractivity contribution in [1.29, 1.82) is 0 Å². The number of nitrogens with zero attached hydrogens (tertiary/aromatic N) is 4. The van der Waals surface area contributed by atoms with Crippen LogP contribution >= 0.6 is 0 Å². The van der Waals surface area contributed by atoms with Crippen molar-refractivity contribution in [2.75, 3.05) is 0 Å². The number of hydrogen-bond donors (Lipinski definition) is 0. The predicted octanol–water partition coefficient (Wildman–Crippen LogP) is 14.8. The highest BCUT2D eigenvalue weighted by Gasteiger charge is 2.20. The highest BCUT2D eigenvalue weighted by Crippen LogP contribution is 2.42. The first kappa shape index (κ1) is 34.4. The minimum atomic E-state index is 0.792. The van der Waals surface area contributed by atoms with Gasteiger partial charge in [-0.3, -0.25) is 9.13 Å². The van der Waals surface area contributed by atoms with E-state index >= 15 is 0 Å². The van der Waals surface area contributed by atoms with E-state index in [4.69, 9.17) is 18.8 Å². The summed E-state index contributed by atoms with van der Waals surface area (Å²) in [6.45, 7) is 0. The van der Waals surface area contributed by atoms with Gasteiger partial charge in [-0.2, -0.15) is 0 Å². The second-order valence-corrected chi connectivity index (χ2v) is 15.8. The zero-order chi connectivity index (χ0) is 40.7. The molecule has 0 saturated carbocycles. The third-order valence-corrected chi connectivity index (χ3v) is 12.2. The second kappa shape index (κ2) is 13.5. The second-order valence-electron chi connectivity index (χ2n) is 15.8. The Morgan fingerprint density at radius 2 is 0.742 bits per heavy atom. The van der Waals surface area contributed by atoms with Gasteiger partial charge in [-0.15, -0.1) is 0 Å². The van der Waals surface area contributed by atoms with Crippen molar-refractivity contribution in [2.24, 2.45) is 0 Å². The van der Waals surface area contributed by atoms with Crippen molar-refractivity contribution < 1.29 is 8.83 Å². The van der Waals surface area contributed by atoms with Gasteiger partial charge in [0.2, 0.25) is 0 Å². The maximum atomic E-state index is 6.73. The highest BCUT2D eigenvalue weighted by atomic mass is 16.3. The van der Waals surface area contributed by atoms with Gasteiger partial charge in [0.25, 0.3) is 0 Å². The lowest BCUT2D eigenvalue weighted by molar-refractivity contribution is 0.657. The lowest BCUT2D eigenvalue weighted by Crippen LogP contribution is -1.97. The van der Waals surface area contributed by atoms with Gasteiger partial charge in [-0.25, -0.2) is 9.97 Å². The van der Waals surface area contributed by atoms with Crippen molar-refractivity contribution in [1.82, 2.24) is 19.1 Å². The van der Waals surface area contributed by atoms with Crippen molar-refractivity contribution in [3.8, 4) is 56.4 Å². The van der Waals surface area contributed by atoms with Crippen molar-refractivity contribution in [2.45, 2.75) is 0 Å². The molecule has 0 radical (unpaired) electrons. The van der Waals surface area contributed by atoms with Crippen LogP contribution in [0.15, 0.2) is 215 Å². The van der Waals surface area contributed by atoms with E-state index in [0.717, 1.165) is 122 Å². The molecule has 6 heteroatoms. The number of aromatic nitrogens is 4. The van der Waals surface area contributed by atoms with Crippen LogP contribution in [0, 0.1) is 0 Å². The maximum absolute atomic E-state index is 6.73. The number of hydrogen-bond acceptors (Lipinski definition) is 4. The molecule has 0 saturated heterocycles. The third kappa shape index (κ3) is 5.30. The molecule has 0 fully saturated rings. The minimum Gasteiger partial charge on any atom is -0.455 e. The molecule has 62 heavy (non-hydrogen) atoms. The van der Waals surface area contributed by atoms with E-state index < -0.39 is 0 Å². The van der Waals surface area contributed by atoms with Crippen LogP contribution in [-0.2, 0) is 0 Å². The molecule has 0 atom stereocenters. The van der Waals surface area contributed by atoms with E-state index in [2.05, 4.69) is 191 Å². The zero-order valence-electron chi connectivity index (χ0n) is 33.2. The molecule has 290 valence electrons. The number of imidazole rings is 2. The standard InChI is InChI=1S/C56H34N4O2/c1-3-13-37(14-4-1)55-57-47-21-7-9-23-49(47)59(55)39-29-25-35(26-30-39)41-17-11-19-43-45-33-46-44-20-12-18-42(54(44)62-52(46)34-51(45)61-53(41)43)36-27-31-40(32-28-36)60-50-24-10-8-22-48(50)58-56(60)38-15-5-2-6-16-38/h1-34H. The quantitative estimate of drug-likeness (QED) is 0.168. The highest BCUT2D eigenvalue weighted by molar-refractivity contribution is 6.18. The molecule has 0 spiro atoms. The van der Waals surface area contributed by atoms with Crippen molar-refractivity contribution in [3.63, 3.8) is 0 Å². The lowest BCUT2D eigenvalue weighted by atomic mass is 10.0. The number of rotatable bonds is 6. The summed E-state index contributed by atoms with van der Waals surface area (Å²) >= 11 is 0. The van der Waals surface area contributed by atoms with E-state index in [1.165, 1.54) is 0 Å². The fraction of sp³-hybridized carbons (Fsp3) is 0. The van der Waals surface area contributed by atoms with Crippen LogP contribution in [0.5, 0.6) is 0 Å². The summed E-state index contributed by atoms with van der Waals surface area (Å²) in [4.78, 5) is 10.1. The molecule has 0 N–H and O–H groups in total. The largest absolute Gasteiger partial charge is 0.455 e. The fourth-order valence-electron chi connectivity index (χ4n) is 9.26. The predicted molar refractivity (Wildman–Crippen MR) is 252 cm³/mol. The monoisotopic (exact) mass is 794 g/mol. The molecule has 6 nitrogen and oxygen atoms in total. The molecule has 13 rings (SSSR count). The summed E-state index contributed by atoms with van der Waals surface area (Å²) < 4.78 is 17.9. The summed E-state index contributed by atoms with van der Waals surface area (Å²) in [5.74, 6) is 1.83. The Morgan fingerprint density at radius 3 is 1.19 bits per heavy atom. The Kier molecular flexibility index (Phi) is 7.50. The number of furan rings is 2. The molecular weight excluding hydrogens is 761 g/mol. The SMILES string of the molecule is c1ccc(-c2nc3ccccc3n2-c2ccc(-c3cccc4c3oc3cc5oc6c(-c7ccc(-n8c(-c9ccccc9)nc9ccccc98)cc7)cccc6c5cc34)cc2)cc1. The normalized spacial score (nSPS) is 11.9. The van der Waals surface area contributed by atoms with E-state index in [0.29, 0.717) is 0 Å². The van der Waals surface area contributed by atoms with Crippen LogP contribution in [0.3, 0.4) is 0 Å². The topological polar surface area (TPSA) is 61.9 Å². The molecule has 0 aliphatic heterocycles. The van der Waals surface area contributed by atoms with Crippen molar-refractivity contribution >= 4 is 65.9 Å². The summed E-state index contributed by atoms with van der Waals surface area (Å²) in [7, 11) is 0. The Hall–Kier alpha value is -8.48. The van der Waals surface area contributed by atoms with E-state index in [9.17, 15) is 0 Å². The first-order chi connectivity index (χ1) is 30.7. The molecule has 0 amide bonds. The molecule has 13 aromatic rings. The first-order valence-electron chi connectivity index (χ1n) is 20.8. The van der Waals surface area contributed by atoms with E-state index in [1.54, 1.807) is 0 Å². The van der Waals surface area contributed by atoms with Gasteiger partial charge in [-0.1, -0.05) is 146 Å². The first-order valence-corrected chi connectivity index (χ1v) is 20.8. The zero-order valence-corrected chi connectivity index (χ0v) is 33.2. The van der Waals surface area contributed by atoms with Crippen LogP contribution in [0.25, 0.3) is 122 Å². The molecule has 0 aliphatic carbocycles. The molecule has 4 aromatic heterocycles. The summed E-state index contributed by atoms with van der Waals surface area (Å²) in [6.07, 6.45) is 0. The maximum Gasteiger partial charge on any atom is 0.145 e. The minimum absolute atomic E-state index is 0.792. The van der Waals surface area contributed by atoms with Crippen LogP contribution in [0.1, 0.15) is 0 Å².